The number of phenolic OH excluding ortho intramolecular Hbond substituents is 1. The second kappa shape index (κ2) is 6.88. The number of aromatic nitrogens is 2. The van der Waals surface area contributed by atoms with E-state index < -0.39 is 0 Å². The van der Waals surface area contributed by atoms with E-state index in [9.17, 15) is 9.90 Å². The Kier molecular flexibility index (Phi) is 4.26. The Labute approximate surface area is 155 Å². The van der Waals surface area contributed by atoms with Crippen LogP contribution in [0.4, 0.5) is 0 Å². The molecule has 4 aromatic rings. The van der Waals surface area contributed by atoms with Crippen molar-refractivity contribution >= 4 is 17.1 Å². The predicted octanol–water partition coefficient (Wildman–Crippen LogP) is 3.96. The Morgan fingerprint density at radius 2 is 1.67 bits per heavy atom. The first-order valence-electron chi connectivity index (χ1n) is 8.55. The fraction of sp³-hybridized carbons (Fsp3) is 0.0455. The van der Waals surface area contributed by atoms with E-state index in [-0.39, 0.29) is 11.3 Å². The van der Waals surface area contributed by atoms with Crippen LogP contribution in [0, 0.1) is 6.92 Å². The van der Waals surface area contributed by atoms with E-state index in [4.69, 9.17) is 0 Å². The summed E-state index contributed by atoms with van der Waals surface area (Å²) in [6.45, 7) is 1.97. The SMILES string of the molecule is Cc1ccccc1-c1nc2ccccc2c(=O)n1/N=C\c1ccccc1O. The van der Waals surface area contributed by atoms with Gasteiger partial charge in [0.05, 0.1) is 17.1 Å². The van der Waals surface area contributed by atoms with Crippen LogP contribution >= 0.6 is 0 Å². The van der Waals surface area contributed by atoms with E-state index in [0.717, 1.165) is 11.1 Å². The van der Waals surface area contributed by atoms with Crippen LogP contribution in [-0.2, 0) is 0 Å². The standard InChI is InChI=1S/C22H17N3O2/c1-15-8-2-4-10-17(15)21-24-19-12-6-5-11-18(19)22(27)25(21)23-14-16-9-3-7-13-20(16)26/h2-14,26H,1H3/b23-14-. The van der Waals surface area contributed by atoms with Gasteiger partial charge in [-0.2, -0.15) is 9.78 Å². The van der Waals surface area contributed by atoms with Crippen molar-refractivity contribution in [3.05, 3.63) is 94.3 Å². The molecule has 0 saturated heterocycles. The van der Waals surface area contributed by atoms with E-state index in [1.54, 1.807) is 36.4 Å². The van der Waals surface area contributed by atoms with Gasteiger partial charge in [0.1, 0.15) is 5.75 Å². The minimum absolute atomic E-state index is 0.0977. The lowest BCUT2D eigenvalue weighted by Crippen LogP contribution is -2.20. The van der Waals surface area contributed by atoms with Gasteiger partial charge in [-0.1, -0.05) is 48.5 Å². The highest BCUT2D eigenvalue weighted by Gasteiger charge is 2.13. The molecule has 0 atom stereocenters. The van der Waals surface area contributed by atoms with Gasteiger partial charge in [-0.15, -0.1) is 0 Å². The number of benzene rings is 3. The van der Waals surface area contributed by atoms with Crippen LogP contribution in [0.5, 0.6) is 5.75 Å². The summed E-state index contributed by atoms with van der Waals surface area (Å²) in [7, 11) is 0. The molecule has 0 fully saturated rings. The molecule has 27 heavy (non-hydrogen) atoms. The quantitative estimate of drug-likeness (QED) is 0.566. The van der Waals surface area contributed by atoms with E-state index in [2.05, 4.69) is 10.1 Å². The van der Waals surface area contributed by atoms with Gasteiger partial charge in [0.2, 0.25) is 0 Å². The summed E-state index contributed by atoms with van der Waals surface area (Å²) in [6.07, 6.45) is 1.47. The van der Waals surface area contributed by atoms with Crippen molar-refractivity contribution in [3.8, 4) is 17.1 Å². The minimum Gasteiger partial charge on any atom is -0.507 e. The summed E-state index contributed by atoms with van der Waals surface area (Å²) in [6, 6.07) is 21.8. The number of rotatable bonds is 3. The van der Waals surface area contributed by atoms with Crippen LogP contribution in [0.25, 0.3) is 22.3 Å². The predicted molar refractivity (Wildman–Crippen MR) is 107 cm³/mol. The molecule has 0 saturated carbocycles. The van der Waals surface area contributed by atoms with E-state index in [1.807, 2.05) is 43.3 Å². The zero-order valence-electron chi connectivity index (χ0n) is 14.7. The molecule has 0 spiro atoms. The molecule has 0 aliphatic rings. The van der Waals surface area contributed by atoms with Gasteiger partial charge in [0.15, 0.2) is 5.82 Å². The maximum absolute atomic E-state index is 13.1. The fourth-order valence-corrected chi connectivity index (χ4v) is 2.95. The molecular weight excluding hydrogens is 338 g/mol. The van der Waals surface area contributed by atoms with Crippen LogP contribution < -0.4 is 5.56 Å². The Morgan fingerprint density at radius 3 is 2.48 bits per heavy atom. The molecule has 0 aliphatic heterocycles. The summed E-state index contributed by atoms with van der Waals surface area (Å²) in [5.74, 6) is 0.559. The Bertz CT molecular complexity index is 1230. The third-order valence-corrected chi connectivity index (χ3v) is 4.39. The third kappa shape index (κ3) is 3.11. The summed E-state index contributed by atoms with van der Waals surface area (Å²) < 4.78 is 1.29. The molecule has 1 heterocycles. The van der Waals surface area contributed by atoms with Crippen molar-refractivity contribution < 1.29 is 5.11 Å². The molecule has 0 unspecified atom stereocenters. The Hall–Kier alpha value is -3.73. The number of hydrogen-bond donors (Lipinski definition) is 1. The number of fused-ring (bicyclic) bond motifs is 1. The molecule has 1 aromatic heterocycles. The molecule has 0 bridgehead atoms. The van der Waals surface area contributed by atoms with Gasteiger partial charge in [0, 0.05) is 11.1 Å². The molecule has 4 rings (SSSR count). The summed E-state index contributed by atoms with van der Waals surface area (Å²) in [4.78, 5) is 17.8. The highest BCUT2D eigenvalue weighted by Crippen LogP contribution is 2.22. The van der Waals surface area contributed by atoms with E-state index in [1.165, 1.54) is 10.9 Å². The van der Waals surface area contributed by atoms with E-state index >= 15 is 0 Å². The first-order chi connectivity index (χ1) is 13.1. The third-order valence-electron chi connectivity index (χ3n) is 4.39. The zero-order chi connectivity index (χ0) is 18.8. The van der Waals surface area contributed by atoms with Gasteiger partial charge >= 0.3 is 0 Å². The average molecular weight is 355 g/mol. The van der Waals surface area contributed by atoms with Gasteiger partial charge in [-0.05, 0) is 36.8 Å². The van der Waals surface area contributed by atoms with Gasteiger partial charge in [0.25, 0.3) is 5.56 Å². The first kappa shape index (κ1) is 16.7. The van der Waals surface area contributed by atoms with Crippen LogP contribution in [0.15, 0.2) is 82.7 Å². The van der Waals surface area contributed by atoms with Crippen LogP contribution in [0.1, 0.15) is 11.1 Å². The number of aryl methyl sites for hydroxylation is 1. The highest BCUT2D eigenvalue weighted by atomic mass is 16.3. The molecule has 0 radical (unpaired) electrons. The summed E-state index contributed by atoms with van der Waals surface area (Å²) in [5, 5.41) is 14.8. The number of para-hydroxylation sites is 2. The van der Waals surface area contributed by atoms with Crippen molar-refractivity contribution in [2.24, 2.45) is 5.10 Å². The smallest absolute Gasteiger partial charge is 0.282 e. The lowest BCUT2D eigenvalue weighted by Gasteiger charge is -2.11. The van der Waals surface area contributed by atoms with Gasteiger partial charge in [-0.25, -0.2) is 4.98 Å². The molecule has 3 aromatic carbocycles. The Morgan fingerprint density at radius 1 is 0.963 bits per heavy atom. The maximum Gasteiger partial charge on any atom is 0.282 e. The van der Waals surface area contributed by atoms with Crippen molar-refractivity contribution in [2.75, 3.05) is 0 Å². The average Bonchev–Trinajstić information content (AvgIpc) is 2.69. The zero-order valence-corrected chi connectivity index (χ0v) is 14.7. The van der Waals surface area contributed by atoms with Crippen molar-refractivity contribution in [1.29, 1.82) is 0 Å². The molecule has 132 valence electrons. The lowest BCUT2D eigenvalue weighted by molar-refractivity contribution is 0.474. The summed E-state index contributed by atoms with van der Waals surface area (Å²) in [5.41, 5.74) is 2.70. The molecule has 5 heteroatoms. The fourth-order valence-electron chi connectivity index (χ4n) is 2.95. The number of hydrogen-bond acceptors (Lipinski definition) is 4. The topological polar surface area (TPSA) is 67.5 Å². The van der Waals surface area contributed by atoms with Crippen LogP contribution in [0.3, 0.4) is 0 Å². The minimum atomic E-state index is -0.259. The van der Waals surface area contributed by atoms with E-state index in [0.29, 0.717) is 22.3 Å². The van der Waals surface area contributed by atoms with Gasteiger partial charge in [-0.3, -0.25) is 4.79 Å². The van der Waals surface area contributed by atoms with Crippen molar-refractivity contribution in [3.63, 3.8) is 0 Å². The monoisotopic (exact) mass is 355 g/mol. The normalized spacial score (nSPS) is 11.3. The second-order valence-electron chi connectivity index (χ2n) is 6.19. The molecule has 0 aliphatic carbocycles. The first-order valence-corrected chi connectivity index (χ1v) is 8.55. The van der Waals surface area contributed by atoms with Gasteiger partial charge < -0.3 is 5.11 Å². The maximum atomic E-state index is 13.1. The summed E-state index contributed by atoms with van der Waals surface area (Å²) >= 11 is 0. The molecular formula is C22H17N3O2. The highest BCUT2D eigenvalue weighted by molar-refractivity contribution is 5.84. The molecule has 1 N–H and O–H groups in total. The Balaban J connectivity index is 1.99. The largest absolute Gasteiger partial charge is 0.507 e. The number of aromatic hydroxyl groups is 1. The van der Waals surface area contributed by atoms with Crippen molar-refractivity contribution in [1.82, 2.24) is 9.66 Å². The molecule has 5 nitrogen and oxygen atoms in total. The molecule has 0 amide bonds. The van der Waals surface area contributed by atoms with Crippen molar-refractivity contribution in [2.45, 2.75) is 6.92 Å². The van der Waals surface area contributed by atoms with Crippen LogP contribution in [0.2, 0.25) is 0 Å². The lowest BCUT2D eigenvalue weighted by atomic mass is 10.1. The van der Waals surface area contributed by atoms with Crippen LogP contribution in [-0.4, -0.2) is 21.0 Å². The number of phenols is 1. The second-order valence-corrected chi connectivity index (χ2v) is 6.19. The number of nitrogens with zero attached hydrogens (tertiary/aromatic N) is 3.